The van der Waals surface area contributed by atoms with Crippen LogP contribution >= 0.6 is 0 Å². The lowest BCUT2D eigenvalue weighted by molar-refractivity contribution is -0.138. The minimum atomic E-state index is -3.55. The Balaban J connectivity index is 2.17. The summed E-state index contributed by atoms with van der Waals surface area (Å²) in [6, 6.07) is 7.10. The lowest BCUT2D eigenvalue weighted by Gasteiger charge is -2.31. The molecule has 1 aromatic rings. The van der Waals surface area contributed by atoms with Gasteiger partial charge in [0, 0.05) is 18.5 Å². The number of benzene rings is 1. The SMILES string of the molecule is CCC(C)N(Cc1cccc(OS(C)(=O)=O)c1)C(=O)C1CCCC1. The van der Waals surface area contributed by atoms with Crippen molar-refractivity contribution in [1.82, 2.24) is 4.90 Å². The summed E-state index contributed by atoms with van der Waals surface area (Å²) in [6.45, 7) is 4.61. The van der Waals surface area contributed by atoms with Gasteiger partial charge in [0.05, 0.1) is 6.26 Å². The molecule has 0 bridgehead atoms. The molecule has 1 fully saturated rings. The third-order valence-corrected chi connectivity index (χ3v) is 5.10. The standard InChI is InChI=1S/C18H27NO4S/c1-4-14(2)19(18(20)16-9-5-6-10-16)13-15-8-7-11-17(12-15)23-24(3,21)22/h7-8,11-12,14,16H,4-6,9-10,13H2,1-3H3. The highest BCUT2D eigenvalue weighted by Crippen LogP contribution is 2.28. The number of nitrogens with zero attached hydrogens (tertiary/aromatic N) is 1. The number of rotatable bonds is 7. The highest BCUT2D eigenvalue weighted by atomic mass is 32.2. The van der Waals surface area contributed by atoms with E-state index in [0.717, 1.165) is 43.9 Å². The van der Waals surface area contributed by atoms with Gasteiger partial charge < -0.3 is 9.08 Å². The van der Waals surface area contributed by atoms with E-state index in [1.165, 1.54) is 0 Å². The average Bonchev–Trinajstić information content (AvgIpc) is 3.04. The zero-order valence-corrected chi connectivity index (χ0v) is 15.5. The molecule has 0 N–H and O–H groups in total. The first-order chi connectivity index (χ1) is 11.3. The predicted molar refractivity (Wildman–Crippen MR) is 94.2 cm³/mol. The Kier molecular flexibility index (Phi) is 6.27. The van der Waals surface area contributed by atoms with Crippen LogP contribution in [-0.2, 0) is 21.5 Å². The lowest BCUT2D eigenvalue weighted by atomic mass is 10.0. The van der Waals surface area contributed by atoms with Crippen LogP contribution in [0.15, 0.2) is 24.3 Å². The van der Waals surface area contributed by atoms with Gasteiger partial charge in [-0.05, 0) is 43.9 Å². The topological polar surface area (TPSA) is 63.7 Å². The molecule has 24 heavy (non-hydrogen) atoms. The Morgan fingerprint density at radius 1 is 1.33 bits per heavy atom. The lowest BCUT2D eigenvalue weighted by Crippen LogP contribution is -2.40. The van der Waals surface area contributed by atoms with Crippen molar-refractivity contribution in [1.29, 1.82) is 0 Å². The zero-order chi connectivity index (χ0) is 17.7. The molecule has 1 unspecified atom stereocenters. The van der Waals surface area contributed by atoms with Crippen molar-refractivity contribution >= 4 is 16.0 Å². The van der Waals surface area contributed by atoms with Gasteiger partial charge in [0.25, 0.3) is 0 Å². The minimum absolute atomic E-state index is 0.134. The molecule has 1 aliphatic rings. The van der Waals surface area contributed by atoms with Gasteiger partial charge in [-0.1, -0.05) is 31.9 Å². The summed E-state index contributed by atoms with van der Waals surface area (Å²) in [6.07, 6.45) is 6.11. The summed E-state index contributed by atoms with van der Waals surface area (Å²) in [5.74, 6) is 0.637. The summed E-state index contributed by atoms with van der Waals surface area (Å²) in [5.41, 5.74) is 0.878. The van der Waals surface area contributed by atoms with Gasteiger partial charge in [-0.3, -0.25) is 4.79 Å². The maximum Gasteiger partial charge on any atom is 0.306 e. The van der Waals surface area contributed by atoms with E-state index in [4.69, 9.17) is 4.18 Å². The normalized spacial score (nSPS) is 16.8. The molecule has 2 rings (SSSR count). The quantitative estimate of drug-likeness (QED) is 0.705. The van der Waals surface area contributed by atoms with Crippen molar-refractivity contribution in [2.45, 2.75) is 58.5 Å². The number of hydrogen-bond donors (Lipinski definition) is 0. The molecule has 1 aliphatic carbocycles. The molecule has 0 heterocycles. The predicted octanol–water partition coefficient (Wildman–Crippen LogP) is 3.34. The molecule has 1 amide bonds. The molecular formula is C18H27NO4S. The monoisotopic (exact) mass is 353 g/mol. The van der Waals surface area contributed by atoms with Gasteiger partial charge in [-0.15, -0.1) is 0 Å². The van der Waals surface area contributed by atoms with Crippen molar-refractivity contribution in [2.75, 3.05) is 6.26 Å². The van der Waals surface area contributed by atoms with Gasteiger partial charge in [0.15, 0.2) is 0 Å². The van der Waals surface area contributed by atoms with E-state index in [1.807, 2.05) is 11.0 Å². The summed E-state index contributed by atoms with van der Waals surface area (Å²) >= 11 is 0. The fourth-order valence-electron chi connectivity index (χ4n) is 3.15. The largest absolute Gasteiger partial charge is 0.383 e. The molecule has 134 valence electrons. The molecule has 0 aromatic heterocycles. The second kappa shape index (κ2) is 8.01. The average molecular weight is 353 g/mol. The molecule has 1 aromatic carbocycles. The molecule has 0 saturated heterocycles. The van der Waals surface area contributed by atoms with E-state index < -0.39 is 10.1 Å². The zero-order valence-electron chi connectivity index (χ0n) is 14.7. The minimum Gasteiger partial charge on any atom is -0.383 e. The molecule has 1 saturated carbocycles. The Morgan fingerprint density at radius 3 is 2.58 bits per heavy atom. The number of carbonyl (C=O) groups excluding carboxylic acids is 1. The fourth-order valence-corrected chi connectivity index (χ4v) is 3.60. The fraction of sp³-hybridized carbons (Fsp3) is 0.611. The number of carbonyl (C=O) groups is 1. The van der Waals surface area contributed by atoms with Crippen LogP contribution in [0.4, 0.5) is 0 Å². The van der Waals surface area contributed by atoms with Crippen molar-refractivity contribution < 1.29 is 17.4 Å². The maximum absolute atomic E-state index is 12.9. The molecule has 0 aliphatic heterocycles. The van der Waals surface area contributed by atoms with Crippen molar-refractivity contribution in [3.63, 3.8) is 0 Å². The Bertz CT molecular complexity index is 665. The molecule has 0 radical (unpaired) electrons. The van der Waals surface area contributed by atoms with Crippen LogP contribution in [-0.4, -0.2) is 31.5 Å². The number of hydrogen-bond acceptors (Lipinski definition) is 4. The third kappa shape index (κ3) is 5.23. The van der Waals surface area contributed by atoms with Gasteiger partial charge in [-0.25, -0.2) is 0 Å². The van der Waals surface area contributed by atoms with Gasteiger partial charge in [0.2, 0.25) is 5.91 Å². The smallest absolute Gasteiger partial charge is 0.306 e. The van der Waals surface area contributed by atoms with Crippen LogP contribution < -0.4 is 4.18 Å². The first kappa shape index (κ1) is 18.8. The number of amides is 1. The van der Waals surface area contributed by atoms with E-state index in [0.29, 0.717) is 6.54 Å². The summed E-state index contributed by atoms with van der Waals surface area (Å²) in [5, 5.41) is 0. The Hall–Kier alpha value is -1.56. The highest BCUT2D eigenvalue weighted by Gasteiger charge is 2.29. The van der Waals surface area contributed by atoms with Crippen molar-refractivity contribution in [3.8, 4) is 5.75 Å². The second-order valence-electron chi connectivity index (χ2n) is 6.64. The summed E-state index contributed by atoms with van der Waals surface area (Å²) in [4.78, 5) is 14.8. The van der Waals surface area contributed by atoms with Crippen LogP contribution in [0, 0.1) is 5.92 Å². The van der Waals surface area contributed by atoms with Gasteiger partial charge in [0.1, 0.15) is 5.75 Å². The third-order valence-electron chi connectivity index (χ3n) is 4.61. The van der Waals surface area contributed by atoms with E-state index in [9.17, 15) is 13.2 Å². The van der Waals surface area contributed by atoms with Gasteiger partial charge in [-0.2, -0.15) is 8.42 Å². The molecule has 6 heteroatoms. The maximum atomic E-state index is 12.9. The highest BCUT2D eigenvalue weighted by molar-refractivity contribution is 7.86. The van der Waals surface area contributed by atoms with E-state index in [1.54, 1.807) is 18.2 Å². The van der Waals surface area contributed by atoms with E-state index in [2.05, 4.69) is 13.8 Å². The molecular weight excluding hydrogens is 326 g/mol. The van der Waals surface area contributed by atoms with E-state index in [-0.39, 0.29) is 23.6 Å². The van der Waals surface area contributed by atoms with Gasteiger partial charge >= 0.3 is 10.1 Å². The van der Waals surface area contributed by atoms with Crippen LogP contribution in [0.25, 0.3) is 0 Å². The van der Waals surface area contributed by atoms with Crippen LogP contribution in [0.5, 0.6) is 5.75 Å². The van der Waals surface area contributed by atoms with Crippen molar-refractivity contribution in [2.24, 2.45) is 5.92 Å². The first-order valence-electron chi connectivity index (χ1n) is 8.59. The summed E-state index contributed by atoms with van der Waals surface area (Å²) in [7, 11) is -3.55. The first-order valence-corrected chi connectivity index (χ1v) is 10.4. The van der Waals surface area contributed by atoms with Crippen LogP contribution in [0.1, 0.15) is 51.5 Å². The second-order valence-corrected chi connectivity index (χ2v) is 8.21. The molecule has 5 nitrogen and oxygen atoms in total. The Morgan fingerprint density at radius 2 is 2.00 bits per heavy atom. The molecule has 0 spiro atoms. The van der Waals surface area contributed by atoms with E-state index >= 15 is 0 Å². The molecule has 1 atom stereocenters. The van der Waals surface area contributed by atoms with Crippen molar-refractivity contribution in [3.05, 3.63) is 29.8 Å². The van der Waals surface area contributed by atoms with Crippen LogP contribution in [0.3, 0.4) is 0 Å². The Labute approximate surface area is 145 Å². The summed E-state index contributed by atoms with van der Waals surface area (Å²) < 4.78 is 27.5. The van der Waals surface area contributed by atoms with Crippen LogP contribution in [0.2, 0.25) is 0 Å².